The fourth-order valence-electron chi connectivity index (χ4n) is 2.99. The van der Waals surface area contributed by atoms with E-state index >= 15 is 0 Å². The predicted octanol–water partition coefficient (Wildman–Crippen LogP) is 3.32. The van der Waals surface area contributed by atoms with E-state index in [0.717, 1.165) is 10.1 Å². The second-order valence-electron chi connectivity index (χ2n) is 8.43. The quantitative estimate of drug-likeness (QED) is 0.709. The number of Topliss-reactive ketones (excluding diaryl/α,β-unsaturated/α-hetero) is 1. The summed E-state index contributed by atoms with van der Waals surface area (Å²) in [5.41, 5.74) is 1.07. The third-order valence-corrected chi connectivity index (χ3v) is 4.72. The van der Waals surface area contributed by atoms with Gasteiger partial charge in [0.15, 0.2) is 0 Å². The highest BCUT2D eigenvalue weighted by Gasteiger charge is 2.29. The van der Waals surface area contributed by atoms with Crippen LogP contribution in [0.1, 0.15) is 45.4 Å². The van der Waals surface area contributed by atoms with Crippen LogP contribution in [-0.2, 0) is 22.4 Å². The maximum absolute atomic E-state index is 12.9. The monoisotopic (exact) mass is 399 g/mol. The van der Waals surface area contributed by atoms with Crippen molar-refractivity contribution >= 4 is 17.8 Å². The van der Waals surface area contributed by atoms with Crippen LogP contribution >= 0.6 is 0 Å². The first-order chi connectivity index (χ1) is 13.6. The van der Waals surface area contributed by atoms with Crippen LogP contribution in [0.15, 0.2) is 42.9 Å². The minimum atomic E-state index is -1.11. The molecule has 156 valence electrons. The topological polar surface area (TPSA) is 101 Å². The van der Waals surface area contributed by atoms with Gasteiger partial charge in [0.1, 0.15) is 12.1 Å². The van der Waals surface area contributed by atoms with Gasteiger partial charge >= 0.3 is 6.09 Å². The molecule has 2 aromatic rings. The van der Waals surface area contributed by atoms with Crippen LogP contribution in [-0.4, -0.2) is 38.5 Å². The Kier molecular flexibility index (Phi) is 7.31. The molecule has 1 aromatic heterocycles. The van der Waals surface area contributed by atoms with E-state index in [1.807, 2.05) is 58.0 Å². The fourth-order valence-corrected chi connectivity index (χ4v) is 2.99. The molecule has 0 saturated carbocycles. The van der Waals surface area contributed by atoms with Gasteiger partial charge in [-0.3, -0.25) is 9.59 Å². The number of amides is 1. The van der Waals surface area contributed by atoms with Crippen molar-refractivity contribution in [3.8, 4) is 0 Å². The molecule has 1 aromatic carbocycles. The molecule has 0 unspecified atom stereocenters. The second-order valence-corrected chi connectivity index (χ2v) is 8.43. The normalized spacial score (nSPS) is 13.5. The zero-order chi connectivity index (χ0) is 21.6. The van der Waals surface area contributed by atoms with Gasteiger partial charge in [-0.1, -0.05) is 51.1 Å². The SMILES string of the molecule is C[C@H](Cc1cn(C(=O)O)cn1)NC(=O)[C@@H](CC(=O)C(C)(C)C)Cc1ccccc1. The lowest BCUT2D eigenvalue weighted by Crippen LogP contribution is -2.40. The average Bonchev–Trinajstić information content (AvgIpc) is 3.09. The zero-order valence-electron chi connectivity index (χ0n) is 17.4. The maximum Gasteiger partial charge on any atom is 0.416 e. The van der Waals surface area contributed by atoms with Crippen LogP contribution in [0.2, 0.25) is 0 Å². The number of nitrogens with zero attached hydrogens (tertiary/aromatic N) is 2. The number of rotatable bonds is 8. The van der Waals surface area contributed by atoms with Gasteiger partial charge in [-0.2, -0.15) is 0 Å². The predicted molar refractivity (Wildman–Crippen MR) is 110 cm³/mol. The Morgan fingerprint density at radius 1 is 1.14 bits per heavy atom. The first kappa shape index (κ1) is 22.3. The zero-order valence-corrected chi connectivity index (χ0v) is 17.4. The van der Waals surface area contributed by atoms with Gasteiger partial charge < -0.3 is 10.4 Å². The van der Waals surface area contributed by atoms with Crippen LogP contribution in [0.25, 0.3) is 0 Å². The molecule has 1 heterocycles. The molecule has 7 heteroatoms. The molecule has 0 aliphatic heterocycles. The molecule has 29 heavy (non-hydrogen) atoms. The molecule has 7 nitrogen and oxygen atoms in total. The summed E-state index contributed by atoms with van der Waals surface area (Å²) in [4.78, 5) is 40.5. The molecule has 0 bridgehead atoms. The second kappa shape index (κ2) is 9.49. The number of nitrogens with one attached hydrogen (secondary N) is 1. The van der Waals surface area contributed by atoms with Crippen LogP contribution in [0.5, 0.6) is 0 Å². The third kappa shape index (κ3) is 6.85. The van der Waals surface area contributed by atoms with Crippen molar-refractivity contribution in [3.63, 3.8) is 0 Å². The molecule has 0 aliphatic rings. The van der Waals surface area contributed by atoms with E-state index < -0.39 is 17.4 Å². The minimum Gasteiger partial charge on any atom is -0.464 e. The van der Waals surface area contributed by atoms with Crippen molar-refractivity contribution in [2.24, 2.45) is 11.3 Å². The summed E-state index contributed by atoms with van der Waals surface area (Å²) >= 11 is 0. The summed E-state index contributed by atoms with van der Waals surface area (Å²) in [5, 5.41) is 11.9. The summed E-state index contributed by atoms with van der Waals surface area (Å²) in [7, 11) is 0. The van der Waals surface area contributed by atoms with Crippen molar-refractivity contribution in [1.82, 2.24) is 14.9 Å². The molecule has 0 fully saturated rings. The number of hydrogen-bond donors (Lipinski definition) is 2. The van der Waals surface area contributed by atoms with E-state index in [9.17, 15) is 14.4 Å². The number of carbonyl (C=O) groups excluding carboxylic acids is 2. The first-order valence-electron chi connectivity index (χ1n) is 9.70. The highest BCUT2D eigenvalue weighted by atomic mass is 16.4. The number of carbonyl (C=O) groups is 3. The molecule has 2 N–H and O–H groups in total. The summed E-state index contributed by atoms with van der Waals surface area (Å²) in [5.74, 6) is -0.610. The Bertz CT molecular complexity index is 852. The van der Waals surface area contributed by atoms with Crippen LogP contribution in [0.4, 0.5) is 4.79 Å². The van der Waals surface area contributed by atoms with Crippen molar-refractivity contribution in [3.05, 3.63) is 54.1 Å². The molecule has 1 amide bonds. The van der Waals surface area contributed by atoms with E-state index in [-0.39, 0.29) is 24.2 Å². The lowest BCUT2D eigenvalue weighted by Gasteiger charge is -2.23. The van der Waals surface area contributed by atoms with E-state index in [2.05, 4.69) is 10.3 Å². The standard InChI is InChI=1S/C22H29N3O4/c1-15(10-18-13-25(14-23-18)21(28)29)24-20(27)17(12-19(26)22(2,3)4)11-16-8-6-5-7-9-16/h5-9,13-15,17H,10-12H2,1-4H3,(H,24,27)(H,28,29)/t15-,17-/m1/s1. The number of hydrogen-bond acceptors (Lipinski definition) is 4. The number of imidazole rings is 1. The van der Waals surface area contributed by atoms with Crippen molar-refractivity contribution in [2.75, 3.05) is 0 Å². The average molecular weight is 399 g/mol. The fraction of sp³-hybridized carbons (Fsp3) is 0.455. The molecule has 0 aliphatic carbocycles. The molecular formula is C22H29N3O4. The van der Waals surface area contributed by atoms with Gasteiger partial charge in [0.2, 0.25) is 5.91 Å². The molecule has 2 rings (SSSR count). The summed E-state index contributed by atoms with van der Waals surface area (Å²) in [6, 6.07) is 9.39. The first-order valence-corrected chi connectivity index (χ1v) is 9.70. The smallest absolute Gasteiger partial charge is 0.416 e. The van der Waals surface area contributed by atoms with Crippen LogP contribution < -0.4 is 5.32 Å². The Balaban J connectivity index is 2.06. The summed E-state index contributed by atoms with van der Waals surface area (Å²) < 4.78 is 0.976. The van der Waals surface area contributed by atoms with Gasteiger partial charge in [-0.05, 0) is 18.9 Å². The molecule has 0 radical (unpaired) electrons. The Morgan fingerprint density at radius 2 is 1.79 bits per heavy atom. The van der Waals surface area contributed by atoms with E-state index in [1.165, 1.54) is 12.5 Å². The number of ketones is 1. The van der Waals surface area contributed by atoms with Gasteiger partial charge in [0.05, 0.1) is 5.69 Å². The van der Waals surface area contributed by atoms with Crippen LogP contribution in [0.3, 0.4) is 0 Å². The highest BCUT2D eigenvalue weighted by molar-refractivity contribution is 5.89. The Hall–Kier alpha value is -2.96. The van der Waals surface area contributed by atoms with E-state index in [0.29, 0.717) is 18.5 Å². The number of aromatic nitrogens is 2. The van der Waals surface area contributed by atoms with E-state index in [1.54, 1.807) is 0 Å². The lowest BCUT2D eigenvalue weighted by molar-refractivity contribution is -0.133. The Morgan fingerprint density at radius 3 is 2.34 bits per heavy atom. The largest absolute Gasteiger partial charge is 0.464 e. The van der Waals surface area contributed by atoms with Crippen molar-refractivity contribution in [2.45, 2.75) is 53.0 Å². The lowest BCUT2D eigenvalue weighted by atomic mass is 9.83. The summed E-state index contributed by atoms with van der Waals surface area (Å²) in [6.07, 6.45) is 2.60. The van der Waals surface area contributed by atoms with Crippen molar-refractivity contribution in [1.29, 1.82) is 0 Å². The maximum atomic E-state index is 12.9. The highest BCUT2D eigenvalue weighted by Crippen LogP contribution is 2.22. The van der Waals surface area contributed by atoms with Gasteiger partial charge in [0, 0.05) is 36.4 Å². The van der Waals surface area contributed by atoms with E-state index in [4.69, 9.17) is 5.11 Å². The molecule has 2 atom stereocenters. The third-order valence-electron chi connectivity index (χ3n) is 4.72. The van der Waals surface area contributed by atoms with Crippen LogP contribution in [0, 0.1) is 11.3 Å². The molecule has 0 spiro atoms. The molecule has 0 saturated heterocycles. The van der Waals surface area contributed by atoms with Gasteiger partial charge in [0.25, 0.3) is 0 Å². The number of carboxylic acid groups (broad SMARTS) is 1. The Labute approximate surface area is 171 Å². The van der Waals surface area contributed by atoms with Gasteiger partial charge in [-0.15, -0.1) is 0 Å². The summed E-state index contributed by atoms with van der Waals surface area (Å²) in [6.45, 7) is 7.40. The molecular weight excluding hydrogens is 370 g/mol. The number of benzene rings is 1. The minimum absolute atomic E-state index is 0.0430. The van der Waals surface area contributed by atoms with Crippen molar-refractivity contribution < 1.29 is 19.5 Å². The van der Waals surface area contributed by atoms with Gasteiger partial charge in [-0.25, -0.2) is 14.3 Å².